The molecule has 136 valence electrons. The highest BCUT2D eigenvalue weighted by Gasteiger charge is 2.05. The van der Waals surface area contributed by atoms with E-state index in [2.05, 4.69) is 46.1 Å². The van der Waals surface area contributed by atoms with E-state index in [1.165, 1.54) is 17.0 Å². The van der Waals surface area contributed by atoms with Gasteiger partial charge in [0.15, 0.2) is 0 Å². The second-order valence-corrected chi connectivity index (χ2v) is 6.94. The molecule has 0 saturated heterocycles. The minimum atomic E-state index is 0.466. The zero-order valence-corrected chi connectivity index (χ0v) is 16.4. The van der Waals surface area contributed by atoms with Crippen molar-refractivity contribution in [3.63, 3.8) is 0 Å². The van der Waals surface area contributed by atoms with E-state index in [-0.39, 0.29) is 0 Å². The Morgan fingerprint density at radius 2 is 1.85 bits per heavy atom. The number of ether oxygens (including phenoxy) is 1. The van der Waals surface area contributed by atoms with Crippen LogP contribution in [0, 0.1) is 0 Å². The summed E-state index contributed by atoms with van der Waals surface area (Å²) in [5.41, 5.74) is 2.89. The molecule has 0 aliphatic carbocycles. The van der Waals surface area contributed by atoms with Crippen molar-refractivity contribution in [2.45, 2.75) is 13.8 Å². The summed E-state index contributed by atoms with van der Waals surface area (Å²) in [6.07, 6.45) is 0. The van der Waals surface area contributed by atoms with Crippen LogP contribution in [-0.2, 0) is 0 Å². The van der Waals surface area contributed by atoms with Gasteiger partial charge in [-0.2, -0.15) is 0 Å². The zero-order chi connectivity index (χ0) is 18.4. The molecule has 7 heteroatoms. The number of anilines is 1. The Kier molecular flexibility index (Phi) is 6.41. The lowest BCUT2D eigenvalue weighted by atomic mass is 10.2. The molecule has 3 rings (SSSR count). The molecule has 2 aromatic carbocycles. The number of azo groups is 1. The Morgan fingerprint density at radius 3 is 2.54 bits per heavy atom. The lowest BCUT2D eigenvalue weighted by Crippen LogP contribution is -2.21. The highest BCUT2D eigenvalue weighted by molar-refractivity contribution is 7.21. The van der Waals surface area contributed by atoms with Crippen molar-refractivity contribution < 1.29 is 4.74 Å². The molecule has 0 spiro atoms. The van der Waals surface area contributed by atoms with Gasteiger partial charge in [-0.25, -0.2) is 4.98 Å². The number of nitrogens with zero attached hydrogens (tertiary/aromatic N) is 4. The number of fused-ring (bicyclic) bond motifs is 1. The molecule has 0 saturated carbocycles. The molecule has 0 bridgehead atoms. The SMILES string of the molecule is CCN(CC)c1ccc(N=Nc2nc3ccc(OCCCl)cc3s2)cc1. The van der Waals surface area contributed by atoms with Gasteiger partial charge in [-0.3, -0.25) is 0 Å². The number of benzene rings is 2. The molecular formula is C19H21ClN4OS. The molecule has 0 fully saturated rings. The highest BCUT2D eigenvalue weighted by atomic mass is 35.5. The Morgan fingerprint density at radius 1 is 1.08 bits per heavy atom. The topological polar surface area (TPSA) is 50.1 Å². The molecule has 3 aromatic rings. The second-order valence-electron chi connectivity index (χ2n) is 5.55. The van der Waals surface area contributed by atoms with Gasteiger partial charge in [0.2, 0.25) is 5.13 Å². The quantitative estimate of drug-likeness (QED) is 0.342. The monoisotopic (exact) mass is 388 g/mol. The first-order chi connectivity index (χ1) is 12.7. The molecule has 0 unspecified atom stereocenters. The molecule has 0 radical (unpaired) electrons. The average Bonchev–Trinajstić information content (AvgIpc) is 3.09. The summed E-state index contributed by atoms with van der Waals surface area (Å²) >= 11 is 7.14. The van der Waals surface area contributed by atoms with Gasteiger partial charge in [0.25, 0.3) is 0 Å². The minimum Gasteiger partial charge on any atom is -0.492 e. The Bertz CT molecular complexity index is 875. The Labute approximate surface area is 162 Å². The van der Waals surface area contributed by atoms with E-state index in [1.54, 1.807) is 0 Å². The Balaban J connectivity index is 1.73. The fourth-order valence-electron chi connectivity index (χ4n) is 2.60. The second kappa shape index (κ2) is 8.96. The largest absolute Gasteiger partial charge is 0.492 e. The van der Waals surface area contributed by atoms with E-state index in [9.17, 15) is 0 Å². The molecule has 5 nitrogen and oxygen atoms in total. The maximum Gasteiger partial charge on any atom is 0.231 e. The number of aromatic nitrogens is 1. The third kappa shape index (κ3) is 4.51. The molecule has 1 aromatic heterocycles. The lowest BCUT2D eigenvalue weighted by molar-refractivity contribution is 0.343. The molecule has 0 aliphatic heterocycles. The predicted octanol–water partition coefficient (Wildman–Crippen LogP) is 6.18. The first kappa shape index (κ1) is 18.6. The number of halogens is 1. The van der Waals surface area contributed by atoms with Crippen molar-refractivity contribution in [3.8, 4) is 5.75 Å². The van der Waals surface area contributed by atoms with Crippen LogP contribution in [0.2, 0.25) is 0 Å². The summed E-state index contributed by atoms with van der Waals surface area (Å²) in [6.45, 7) is 6.76. The van der Waals surface area contributed by atoms with Crippen LogP contribution in [0.3, 0.4) is 0 Å². The zero-order valence-electron chi connectivity index (χ0n) is 14.9. The van der Waals surface area contributed by atoms with Crippen molar-refractivity contribution in [2.75, 3.05) is 30.5 Å². The Hall–Kier alpha value is -2.18. The maximum atomic E-state index is 5.65. The number of alkyl halides is 1. The number of hydrogen-bond donors (Lipinski definition) is 0. The van der Waals surface area contributed by atoms with Gasteiger partial charge in [0.1, 0.15) is 12.4 Å². The van der Waals surface area contributed by atoms with Crippen LogP contribution in [-0.4, -0.2) is 30.6 Å². The van der Waals surface area contributed by atoms with Crippen molar-refractivity contribution in [2.24, 2.45) is 10.2 Å². The van der Waals surface area contributed by atoms with Gasteiger partial charge < -0.3 is 9.64 Å². The number of thiazole rings is 1. The minimum absolute atomic E-state index is 0.466. The fraction of sp³-hybridized carbons (Fsp3) is 0.316. The fourth-order valence-corrected chi connectivity index (χ4v) is 3.49. The van der Waals surface area contributed by atoms with E-state index in [1.807, 2.05) is 30.3 Å². The smallest absolute Gasteiger partial charge is 0.231 e. The molecule has 0 atom stereocenters. The van der Waals surface area contributed by atoms with E-state index in [0.717, 1.165) is 34.7 Å². The molecule has 0 N–H and O–H groups in total. The third-order valence-corrected chi connectivity index (χ3v) is 4.98. The van der Waals surface area contributed by atoms with Crippen LogP contribution in [0.1, 0.15) is 13.8 Å². The first-order valence-electron chi connectivity index (χ1n) is 8.59. The van der Waals surface area contributed by atoms with Crippen LogP contribution in [0.5, 0.6) is 5.75 Å². The molecule has 1 heterocycles. The van der Waals surface area contributed by atoms with Crippen LogP contribution in [0.4, 0.5) is 16.5 Å². The molecular weight excluding hydrogens is 368 g/mol. The van der Waals surface area contributed by atoms with E-state index in [4.69, 9.17) is 16.3 Å². The van der Waals surface area contributed by atoms with Crippen molar-refractivity contribution in [1.29, 1.82) is 0 Å². The summed E-state index contributed by atoms with van der Waals surface area (Å²) < 4.78 is 6.56. The predicted molar refractivity (Wildman–Crippen MR) is 110 cm³/mol. The average molecular weight is 389 g/mol. The van der Waals surface area contributed by atoms with Crippen molar-refractivity contribution in [3.05, 3.63) is 42.5 Å². The number of hydrogen-bond acceptors (Lipinski definition) is 6. The van der Waals surface area contributed by atoms with E-state index in [0.29, 0.717) is 17.6 Å². The van der Waals surface area contributed by atoms with Crippen molar-refractivity contribution in [1.82, 2.24) is 4.98 Å². The summed E-state index contributed by atoms with van der Waals surface area (Å²) in [6, 6.07) is 13.9. The standard InChI is InChI=1S/C19H21ClN4OS/c1-3-24(4-2)15-7-5-14(6-8-15)22-23-19-21-17-10-9-16(25-12-11-20)13-18(17)26-19/h5-10,13H,3-4,11-12H2,1-2H3. The molecule has 26 heavy (non-hydrogen) atoms. The van der Waals surface area contributed by atoms with Crippen LogP contribution in [0.15, 0.2) is 52.7 Å². The molecule has 0 amide bonds. The highest BCUT2D eigenvalue weighted by Crippen LogP contribution is 2.32. The summed E-state index contributed by atoms with van der Waals surface area (Å²) in [5, 5.41) is 9.21. The van der Waals surface area contributed by atoms with Gasteiger partial charge in [-0.15, -0.1) is 21.8 Å². The van der Waals surface area contributed by atoms with Crippen LogP contribution in [0.25, 0.3) is 10.2 Å². The lowest BCUT2D eigenvalue weighted by Gasteiger charge is -2.20. The summed E-state index contributed by atoms with van der Waals surface area (Å²) in [5.74, 6) is 1.25. The van der Waals surface area contributed by atoms with Gasteiger partial charge in [0.05, 0.1) is 21.8 Å². The summed E-state index contributed by atoms with van der Waals surface area (Å²) in [4.78, 5) is 6.78. The number of rotatable bonds is 8. The van der Waals surface area contributed by atoms with Gasteiger partial charge >= 0.3 is 0 Å². The normalized spacial score (nSPS) is 11.3. The first-order valence-corrected chi connectivity index (χ1v) is 9.94. The van der Waals surface area contributed by atoms with Gasteiger partial charge in [-0.05, 0) is 56.3 Å². The third-order valence-electron chi connectivity index (χ3n) is 3.92. The van der Waals surface area contributed by atoms with Crippen LogP contribution >= 0.6 is 22.9 Å². The van der Waals surface area contributed by atoms with Gasteiger partial charge in [0, 0.05) is 18.8 Å². The van der Waals surface area contributed by atoms with E-state index >= 15 is 0 Å². The maximum absolute atomic E-state index is 5.65. The van der Waals surface area contributed by atoms with Crippen molar-refractivity contribution >= 4 is 49.7 Å². The van der Waals surface area contributed by atoms with E-state index < -0.39 is 0 Å². The van der Waals surface area contributed by atoms with Gasteiger partial charge in [-0.1, -0.05) is 11.3 Å². The summed E-state index contributed by atoms with van der Waals surface area (Å²) in [7, 11) is 0. The molecule has 0 aliphatic rings. The van der Waals surface area contributed by atoms with Crippen LogP contribution < -0.4 is 9.64 Å².